The molecule has 1 N–H and O–H groups in total. The molecule has 1 aliphatic carbocycles. The number of rotatable bonds is 10. The van der Waals surface area contributed by atoms with E-state index >= 15 is 0 Å². The predicted octanol–water partition coefficient (Wildman–Crippen LogP) is 4.82. The number of hydrogen-bond acceptors (Lipinski definition) is 7. The van der Waals surface area contributed by atoms with E-state index in [0.717, 1.165) is 23.4 Å². The summed E-state index contributed by atoms with van der Waals surface area (Å²) in [5.41, 5.74) is 3.52. The van der Waals surface area contributed by atoms with Crippen molar-refractivity contribution in [2.75, 3.05) is 31.9 Å². The SMILES string of the molecule is CCOCCOc1nc(-c2ccc3c(c2)OCO3)n(-c2ccc(NC(=O)[C@H]3C[C@H]3c3ccccc3)cc2)n1. The highest BCUT2D eigenvalue weighted by atomic mass is 16.7. The zero-order valence-corrected chi connectivity index (χ0v) is 21.0. The fourth-order valence-electron chi connectivity index (χ4n) is 4.57. The average molecular weight is 513 g/mol. The van der Waals surface area contributed by atoms with Crippen molar-refractivity contribution in [2.45, 2.75) is 19.3 Å². The summed E-state index contributed by atoms with van der Waals surface area (Å²) in [6.45, 7) is 3.53. The molecule has 1 saturated carbocycles. The second-order valence-electron chi connectivity index (χ2n) is 9.14. The molecule has 2 atom stereocenters. The normalized spacial score (nSPS) is 17.3. The minimum Gasteiger partial charge on any atom is -0.460 e. The maximum atomic E-state index is 12.8. The molecule has 0 radical (unpaired) electrons. The van der Waals surface area contributed by atoms with Crippen LogP contribution in [0.2, 0.25) is 0 Å². The number of nitrogens with zero attached hydrogens (tertiary/aromatic N) is 3. The van der Waals surface area contributed by atoms with Crippen LogP contribution in [0.5, 0.6) is 17.5 Å². The molecule has 2 heterocycles. The summed E-state index contributed by atoms with van der Waals surface area (Å²) in [4.78, 5) is 17.4. The van der Waals surface area contributed by atoms with Crippen LogP contribution in [-0.4, -0.2) is 47.3 Å². The summed E-state index contributed by atoms with van der Waals surface area (Å²) in [5.74, 6) is 2.27. The molecule has 9 nitrogen and oxygen atoms in total. The Bertz CT molecular complexity index is 1420. The number of ether oxygens (including phenoxy) is 4. The Kier molecular flexibility index (Phi) is 6.66. The summed E-state index contributed by atoms with van der Waals surface area (Å²) in [6, 6.07) is 23.6. The molecule has 0 saturated heterocycles. The van der Waals surface area contributed by atoms with Crippen LogP contribution in [0.1, 0.15) is 24.8 Å². The van der Waals surface area contributed by atoms with Crippen molar-refractivity contribution in [1.29, 1.82) is 0 Å². The van der Waals surface area contributed by atoms with Gasteiger partial charge in [-0.15, -0.1) is 5.10 Å². The molecule has 4 aromatic rings. The maximum absolute atomic E-state index is 12.8. The maximum Gasteiger partial charge on any atom is 0.336 e. The number of anilines is 1. The third-order valence-electron chi connectivity index (χ3n) is 6.62. The van der Waals surface area contributed by atoms with Gasteiger partial charge in [0.2, 0.25) is 12.7 Å². The molecule has 2 aliphatic rings. The van der Waals surface area contributed by atoms with Crippen molar-refractivity contribution in [3.05, 3.63) is 78.4 Å². The Balaban J connectivity index is 1.20. The highest BCUT2D eigenvalue weighted by Crippen LogP contribution is 2.48. The summed E-state index contributed by atoms with van der Waals surface area (Å²) in [7, 11) is 0. The van der Waals surface area contributed by atoms with Gasteiger partial charge in [-0.1, -0.05) is 30.3 Å². The quantitative estimate of drug-likeness (QED) is 0.304. The number of benzene rings is 3. The number of hydrogen-bond donors (Lipinski definition) is 1. The Morgan fingerprint density at radius 1 is 1.03 bits per heavy atom. The Labute approximate surface area is 220 Å². The van der Waals surface area contributed by atoms with Crippen LogP contribution in [0.15, 0.2) is 72.8 Å². The van der Waals surface area contributed by atoms with E-state index in [4.69, 9.17) is 18.9 Å². The van der Waals surface area contributed by atoms with Gasteiger partial charge in [-0.25, -0.2) is 4.68 Å². The van der Waals surface area contributed by atoms with Gasteiger partial charge >= 0.3 is 6.01 Å². The fraction of sp³-hybridized carbons (Fsp3) is 0.276. The molecule has 1 aromatic heterocycles. The highest BCUT2D eigenvalue weighted by molar-refractivity contribution is 5.95. The van der Waals surface area contributed by atoms with Crippen LogP contribution in [0, 0.1) is 5.92 Å². The molecule has 1 aliphatic heterocycles. The molecule has 0 bridgehead atoms. The molecule has 9 heteroatoms. The first-order valence-corrected chi connectivity index (χ1v) is 12.7. The van der Waals surface area contributed by atoms with E-state index in [1.807, 2.05) is 67.6 Å². The fourth-order valence-corrected chi connectivity index (χ4v) is 4.57. The van der Waals surface area contributed by atoms with Crippen molar-refractivity contribution in [3.8, 4) is 34.6 Å². The van der Waals surface area contributed by atoms with E-state index in [0.29, 0.717) is 37.1 Å². The largest absolute Gasteiger partial charge is 0.460 e. The first kappa shape index (κ1) is 24.0. The topological polar surface area (TPSA) is 96.7 Å². The number of nitrogens with one attached hydrogen (secondary N) is 1. The van der Waals surface area contributed by atoms with Gasteiger partial charge in [0.15, 0.2) is 17.3 Å². The van der Waals surface area contributed by atoms with Crippen molar-refractivity contribution in [1.82, 2.24) is 14.8 Å². The molecule has 0 spiro atoms. The van der Waals surface area contributed by atoms with Crippen LogP contribution >= 0.6 is 0 Å². The van der Waals surface area contributed by atoms with E-state index < -0.39 is 0 Å². The third kappa shape index (κ3) is 5.05. The lowest BCUT2D eigenvalue weighted by molar-refractivity contribution is -0.117. The van der Waals surface area contributed by atoms with Gasteiger partial charge in [-0.3, -0.25) is 4.79 Å². The van der Waals surface area contributed by atoms with Crippen LogP contribution < -0.4 is 19.5 Å². The van der Waals surface area contributed by atoms with Crippen molar-refractivity contribution in [3.63, 3.8) is 0 Å². The Morgan fingerprint density at radius 3 is 2.66 bits per heavy atom. The van der Waals surface area contributed by atoms with Gasteiger partial charge in [0, 0.05) is 23.8 Å². The van der Waals surface area contributed by atoms with Crippen molar-refractivity contribution < 1.29 is 23.7 Å². The third-order valence-corrected chi connectivity index (χ3v) is 6.62. The predicted molar refractivity (Wildman–Crippen MR) is 141 cm³/mol. The lowest BCUT2D eigenvalue weighted by Gasteiger charge is -2.09. The Morgan fingerprint density at radius 2 is 1.84 bits per heavy atom. The van der Waals surface area contributed by atoms with E-state index in [-0.39, 0.29) is 30.5 Å². The van der Waals surface area contributed by atoms with Crippen LogP contribution in [0.3, 0.4) is 0 Å². The summed E-state index contributed by atoms with van der Waals surface area (Å²) < 4.78 is 23.8. The van der Waals surface area contributed by atoms with Crippen molar-refractivity contribution in [2.24, 2.45) is 5.92 Å². The van der Waals surface area contributed by atoms with Gasteiger partial charge in [-0.2, -0.15) is 4.98 Å². The molecule has 1 fully saturated rings. The van der Waals surface area contributed by atoms with Gasteiger partial charge < -0.3 is 24.3 Å². The number of carbonyl (C=O) groups is 1. The summed E-state index contributed by atoms with van der Waals surface area (Å²) >= 11 is 0. The zero-order valence-electron chi connectivity index (χ0n) is 21.0. The zero-order chi connectivity index (χ0) is 25.9. The number of carbonyl (C=O) groups excluding carboxylic acids is 1. The van der Waals surface area contributed by atoms with Crippen LogP contribution in [-0.2, 0) is 9.53 Å². The van der Waals surface area contributed by atoms with E-state index in [1.54, 1.807) is 4.68 Å². The van der Waals surface area contributed by atoms with Crippen LogP contribution in [0.4, 0.5) is 5.69 Å². The molecule has 1 amide bonds. The van der Waals surface area contributed by atoms with Crippen molar-refractivity contribution >= 4 is 11.6 Å². The first-order valence-electron chi connectivity index (χ1n) is 12.7. The average Bonchev–Trinajstić information content (AvgIpc) is 3.43. The minimum absolute atomic E-state index is 0.00129. The molecule has 6 rings (SSSR count). The van der Waals surface area contributed by atoms with Gasteiger partial charge in [-0.05, 0) is 67.3 Å². The van der Waals surface area contributed by atoms with Gasteiger partial charge in [0.25, 0.3) is 0 Å². The van der Waals surface area contributed by atoms with Gasteiger partial charge in [0.1, 0.15) is 6.61 Å². The van der Waals surface area contributed by atoms with Gasteiger partial charge in [0.05, 0.1) is 12.3 Å². The number of aromatic nitrogens is 3. The number of fused-ring (bicyclic) bond motifs is 1. The van der Waals surface area contributed by atoms with E-state index in [9.17, 15) is 4.79 Å². The first-order chi connectivity index (χ1) is 18.7. The van der Waals surface area contributed by atoms with E-state index in [2.05, 4.69) is 27.5 Å². The second-order valence-corrected chi connectivity index (χ2v) is 9.14. The summed E-state index contributed by atoms with van der Waals surface area (Å²) in [5, 5.41) is 7.64. The molecule has 38 heavy (non-hydrogen) atoms. The number of amides is 1. The molecule has 3 aromatic carbocycles. The molecular weight excluding hydrogens is 484 g/mol. The molecular formula is C29H28N4O5. The molecule has 0 unspecified atom stereocenters. The summed E-state index contributed by atoms with van der Waals surface area (Å²) in [6.07, 6.45) is 0.873. The lowest BCUT2D eigenvalue weighted by atomic mass is 10.1. The van der Waals surface area contributed by atoms with E-state index in [1.165, 1.54) is 5.56 Å². The minimum atomic E-state index is 0.00129. The molecule has 194 valence electrons. The monoisotopic (exact) mass is 512 g/mol. The second kappa shape index (κ2) is 10.5. The lowest BCUT2D eigenvalue weighted by Crippen LogP contribution is -2.14. The highest BCUT2D eigenvalue weighted by Gasteiger charge is 2.43. The standard InChI is InChI=1S/C29H28N4O5/c1-2-35-14-15-36-29-31-27(20-8-13-25-26(16-20)38-18-37-25)33(32-29)22-11-9-21(10-12-22)30-28(34)24-17-23(24)19-6-4-3-5-7-19/h3-13,16,23-24H,2,14-15,17-18H2,1H3,(H,30,34)/t23-,24-/m0/s1. The smallest absolute Gasteiger partial charge is 0.336 e. The Hall–Kier alpha value is -4.37. The van der Waals surface area contributed by atoms with Crippen LogP contribution in [0.25, 0.3) is 17.1 Å².